The van der Waals surface area contributed by atoms with Crippen LogP contribution in [0.25, 0.3) is 0 Å². The Hall–Kier alpha value is -0.350. The van der Waals surface area contributed by atoms with E-state index in [0.717, 1.165) is 35.1 Å². The van der Waals surface area contributed by atoms with E-state index in [2.05, 4.69) is 38.8 Å². The minimum Gasteiger partial charge on any atom is -0.338 e. The zero-order valence-electron chi connectivity index (χ0n) is 10.6. The zero-order chi connectivity index (χ0) is 13.3. The van der Waals surface area contributed by atoms with E-state index in [-0.39, 0.29) is 5.91 Å². The predicted octanol–water partition coefficient (Wildman–Crippen LogP) is 4.00. The molecule has 0 bridgehead atoms. The van der Waals surface area contributed by atoms with Crippen LogP contribution in [0.15, 0.2) is 22.7 Å². The van der Waals surface area contributed by atoms with Crippen LogP contribution in [0.5, 0.6) is 0 Å². The van der Waals surface area contributed by atoms with Gasteiger partial charge in [-0.2, -0.15) is 0 Å². The van der Waals surface area contributed by atoms with E-state index in [4.69, 9.17) is 0 Å². The SMILES string of the molecule is Cc1cc(Br)cc(C(=O)N2CCC(Br)C(C)C2)c1. The van der Waals surface area contributed by atoms with E-state index >= 15 is 0 Å². The molecule has 2 unspecified atom stereocenters. The largest absolute Gasteiger partial charge is 0.338 e. The van der Waals surface area contributed by atoms with Crippen molar-refractivity contribution in [2.24, 2.45) is 5.92 Å². The molecule has 2 nitrogen and oxygen atoms in total. The number of rotatable bonds is 1. The first-order valence-electron chi connectivity index (χ1n) is 6.18. The highest BCUT2D eigenvalue weighted by molar-refractivity contribution is 9.10. The number of carbonyl (C=O) groups excluding carboxylic acids is 1. The summed E-state index contributed by atoms with van der Waals surface area (Å²) in [7, 11) is 0. The molecule has 98 valence electrons. The lowest BCUT2D eigenvalue weighted by atomic mass is 9.99. The van der Waals surface area contributed by atoms with Gasteiger partial charge in [-0.1, -0.05) is 38.8 Å². The van der Waals surface area contributed by atoms with E-state index in [9.17, 15) is 4.79 Å². The number of likely N-dealkylation sites (tertiary alicyclic amines) is 1. The Bertz CT molecular complexity index is 441. The number of amides is 1. The van der Waals surface area contributed by atoms with Crippen LogP contribution in [0.3, 0.4) is 0 Å². The lowest BCUT2D eigenvalue weighted by Crippen LogP contribution is -2.43. The Labute approximate surface area is 125 Å². The summed E-state index contributed by atoms with van der Waals surface area (Å²) in [5.41, 5.74) is 1.89. The molecule has 1 heterocycles. The molecule has 0 spiro atoms. The zero-order valence-corrected chi connectivity index (χ0v) is 13.8. The highest BCUT2D eigenvalue weighted by atomic mass is 79.9. The van der Waals surface area contributed by atoms with Gasteiger partial charge in [-0.25, -0.2) is 0 Å². The van der Waals surface area contributed by atoms with Gasteiger partial charge in [0.1, 0.15) is 0 Å². The van der Waals surface area contributed by atoms with Gasteiger partial charge in [-0.05, 0) is 43.0 Å². The first kappa shape index (κ1) is 14.1. The van der Waals surface area contributed by atoms with E-state index < -0.39 is 0 Å². The molecule has 1 aromatic carbocycles. The van der Waals surface area contributed by atoms with Crippen molar-refractivity contribution in [3.8, 4) is 0 Å². The molecular formula is C14H17Br2NO. The van der Waals surface area contributed by atoms with Crippen molar-refractivity contribution in [2.45, 2.75) is 25.1 Å². The summed E-state index contributed by atoms with van der Waals surface area (Å²) >= 11 is 7.11. The molecule has 1 saturated heterocycles. The molecule has 2 atom stereocenters. The highest BCUT2D eigenvalue weighted by Crippen LogP contribution is 2.25. The molecule has 18 heavy (non-hydrogen) atoms. The van der Waals surface area contributed by atoms with Crippen molar-refractivity contribution in [1.82, 2.24) is 4.90 Å². The van der Waals surface area contributed by atoms with Gasteiger partial charge in [-0.3, -0.25) is 4.79 Å². The summed E-state index contributed by atoms with van der Waals surface area (Å²) in [6.45, 7) is 5.87. The van der Waals surface area contributed by atoms with E-state index in [1.165, 1.54) is 0 Å². The average molecular weight is 375 g/mol. The summed E-state index contributed by atoms with van der Waals surface area (Å²) in [5, 5.41) is 0. The predicted molar refractivity (Wildman–Crippen MR) is 81.3 cm³/mol. The second kappa shape index (κ2) is 5.74. The van der Waals surface area contributed by atoms with Crippen LogP contribution >= 0.6 is 31.9 Å². The van der Waals surface area contributed by atoms with Gasteiger partial charge in [0, 0.05) is 28.0 Å². The number of hydrogen-bond acceptors (Lipinski definition) is 1. The smallest absolute Gasteiger partial charge is 0.253 e. The second-order valence-corrected chi connectivity index (χ2v) is 7.14. The maximum Gasteiger partial charge on any atom is 0.253 e. The van der Waals surface area contributed by atoms with Gasteiger partial charge >= 0.3 is 0 Å². The number of nitrogens with zero attached hydrogens (tertiary/aromatic N) is 1. The summed E-state index contributed by atoms with van der Waals surface area (Å²) in [5.74, 6) is 0.654. The lowest BCUT2D eigenvalue weighted by Gasteiger charge is -2.34. The number of benzene rings is 1. The summed E-state index contributed by atoms with van der Waals surface area (Å²) in [4.78, 5) is 14.9. The van der Waals surface area contributed by atoms with Crippen molar-refractivity contribution in [3.05, 3.63) is 33.8 Å². The average Bonchev–Trinajstić information content (AvgIpc) is 2.30. The molecule has 0 N–H and O–H groups in total. The Balaban J connectivity index is 2.16. The first-order chi connectivity index (χ1) is 8.47. The molecule has 0 radical (unpaired) electrons. The monoisotopic (exact) mass is 373 g/mol. The Morgan fingerprint density at radius 3 is 2.72 bits per heavy atom. The molecule has 1 amide bonds. The standard InChI is InChI=1S/C14H17Br2NO/c1-9-5-11(7-12(15)6-9)14(18)17-4-3-13(16)10(2)8-17/h5-7,10,13H,3-4,8H2,1-2H3. The number of hydrogen-bond donors (Lipinski definition) is 0. The lowest BCUT2D eigenvalue weighted by molar-refractivity contribution is 0.0690. The molecule has 0 aliphatic carbocycles. The Kier molecular flexibility index (Phi) is 4.49. The third-order valence-electron chi connectivity index (χ3n) is 3.38. The fourth-order valence-electron chi connectivity index (χ4n) is 2.34. The fourth-order valence-corrected chi connectivity index (χ4v) is 3.32. The van der Waals surface area contributed by atoms with Crippen molar-refractivity contribution in [1.29, 1.82) is 0 Å². The van der Waals surface area contributed by atoms with Crippen molar-refractivity contribution < 1.29 is 4.79 Å². The summed E-state index contributed by atoms with van der Waals surface area (Å²) in [6, 6.07) is 5.88. The van der Waals surface area contributed by atoms with Crippen LogP contribution in [0.1, 0.15) is 29.3 Å². The Morgan fingerprint density at radius 1 is 1.39 bits per heavy atom. The molecule has 2 rings (SSSR count). The quantitative estimate of drug-likeness (QED) is 0.680. The number of halogens is 2. The molecule has 0 aromatic heterocycles. The molecule has 0 saturated carbocycles. The number of aryl methyl sites for hydroxylation is 1. The normalized spacial score (nSPS) is 24.1. The second-order valence-electron chi connectivity index (χ2n) is 5.05. The summed E-state index contributed by atoms with van der Waals surface area (Å²) < 4.78 is 0.967. The van der Waals surface area contributed by atoms with Crippen LogP contribution in [0.4, 0.5) is 0 Å². The van der Waals surface area contributed by atoms with Crippen molar-refractivity contribution in [2.75, 3.05) is 13.1 Å². The first-order valence-corrected chi connectivity index (χ1v) is 7.89. The van der Waals surface area contributed by atoms with Crippen LogP contribution in [0, 0.1) is 12.8 Å². The third kappa shape index (κ3) is 3.15. The van der Waals surface area contributed by atoms with E-state index in [0.29, 0.717) is 10.7 Å². The minimum atomic E-state index is 0.144. The van der Waals surface area contributed by atoms with Crippen LogP contribution in [-0.4, -0.2) is 28.7 Å². The topological polar surface area (TPSA) is 20.3 Å². The minimum absolute atomic E-state index is 0.144. The molecule has 1 aromatic rings. The molecule has 1 aliphatic rings. The highest BCUT2D eigenvalue weighted by Gasteiger charge is 2.27. The summed E-state index contributed by atoms with van der Waals surface area (Å²) in [6.07, 6.45) is 1.03. The maximum absolute atomic E-state index is 12.4. The van der Waals surface area contributed by atoms with Gasteiger partial charge in [0.15, 0.2) is 0 Å². The number of alkyl halides is 1. The van der Waals surface area contributed by atoms with Gasteiger partial charge in [0.2, 0.25) is 0 Å². The van der Waals surface area contributed by atoms with E-state index in [1.807, 2.05) is 30.0 Å². The van der Waals surface area contributed by atoms with Crippen LogP contribution in [0.2, 0.25) is 0 Å². The third-order valence-corrected chi connectivity index (χ3v) is 5.20. The number of carbonyl (C=O) groups is 1. The van der Waals surface area contributed by atoms with Crippen molar-refractivity contribution >= 4 is 37.8 Å². The van der Waals surface area contributed by atoms with Gasteiger partial charge in [0.05, 0.1) is 0 Å². The molecule has 4 heteroatoms. The van der Waals surface area contributed by atoms with Gasteiger partial charge < -0.3 is 4.90 Å². The van der Waals surface area contributed by atoms with Crippen molar-refractivity contribution in [3.63, 3.8) is 0 Å². The van der Waals surface area contributed by atoms with Gasteiger partial charge in [-0.15, -0.1) is 0 Å². The molecule has 1 aliphatic heterocycles. The number of piperidine rings is 1. The van der Waals surface area contributed by atoms with E-state index in [1.54, 1.807) is 0 Å². The maximum atomic E-state index is 12.4. The Morgan fingerprint density at radius 2 is 2.11 bits per heavy atom. The molecule has 1 fully saturated rings. The van der Waals surface area contributed by atoms with Crippen LogP contribution < -0.4 is 0 Å². The van der Waals surface area contributed by atoms with Crippen LogP contribution in [-0.2, 0) is 0 Å². The molecular weight excluding hydrogens is 358 g/mol. The fraction of sp³-hybridized carbons (Fsp3) is 0.500. The van der Waals surface area contributed by atoms with Gasteiger partial charge in [0.25, 0.3) is 5.91 Å².